The van der Waals surface area contributed by atoms with Gasteiger partial charge in [0.25, 0.3) is 0 Å². The molecule has 0 aromatic heterocycles. The van der Waals surface area contributed by atoms with Crippen LogP contribution in [0.3, 0.4) is 0 Å². The lowest BCUT2D eigenvalue weighted by molar-refractivity contribution is 0.142. The average molecular weight is 282 g/mol. The maximum atomic E-state index is 10.8. The molecule has 2 aromatic carbocycles. The summed E-state index contributed by atoms with van der Waals surface area (Å²) in [7, 11) is 0. The van der Waals surface area contributed by atoms with Gasteiger partial charge in [0.1, 0.15) is 5.75 Å². The molecule has 2 atom stereocenters. The molecule has 2 aromatic rings. The molecule has 0 fully saturated rings. The Morgan fingerprint density at radius 2 is 1.90 bits per heavy atom. The van der Waals surface area contributed by atoms with Crippen molar-refractivity contribution in [1.82, 2.24) is 0 Å². The normalized spacial score (nSPS) is 16.7. The van der Waals surface area contributed by atoms with Crippen LogP contribution in [0.4, 0.5) is 0 Å². The molecular formula is C19H22O2. The Morgan fingerprint density at radius 3 is 2.67 bits per heavy atom. The second kappa shape index (κ2) is 6.31. The highest BCUT2D eigenvalue weighted by atomic mass is 16.5. The quantitative estimate of drug-likeness (QED) is 0.909. The summed E-state index contributed by atoms with van der Waals surface area (Å²) < 4.78 is 5.65. The topological polar surface area (TPSA) is 29.5 Å². The lowest BCUT2D eigenvalue weighted by Crippen LogP contribution is -2.13. The molecule has 3 rings (SSSR count). The number of fused-ring (bicyclic) bond motifs is 1. The Balaban J connectivity index is 1.88. The number of hydrogen-bond acceptors (Lipinski definition) is 2. The Hall–Kier alpha value is -1.80. The monoisotopic (exact) mass is 282 g/mol. The van der Waals surface area contributed by atoms with Gasteiger partial charge in [-0.15, -0.1) is 0 Å². The summed E-state index contributed by atoms with van der Waals surface area (Å²) in [6, 6.07) is 16.4. The van der Waals surface area contributed by atoms with E-state index in [0.29, 0.717) is 0 Å². The van der Waals surface area contributed by atoms with Gasteiger partial charge in [0.2, 0.25) is 0 Å². The van der Waals surface area contributed by atoms with Gasteiger partial charge in [0.05, 0.1) is 12.7 Å². The fraction of sp³-hybridized carbons (Fsp3) is 0.368. The van der Waals surface area contributed by atoms with Crippen LogP contribution in [0.25, 0.3) is 0 Å². The van der Waals surface area contributed by atoms with Gasteiger partial charge in [-0.3, -0.25) is 0 Å². The van der Waals surface area contributed by atoms with Crippen LogP contribution < -0.4 is 4.74 Å². The van der Waals surface area contributed by atoms with Crippen molar-refractivity contribution in [2.24, 2.45) is 0 Å². The third kappa shape index (κ3) is 2.96. The molecule has 1 heterocycles. The summed E-state index contributed by atoms with van der Waals surface area (Å²) in [5, 5.41) is 10.8. The number of hydrogen-bond donors (Lipinski definition) is 1. The van der Waals surface area contributed by atoms with E-state index in [2.05, 4.69) is 25.1 Å². The first-order valence-electron chi connectivity index (χ1n) is 7.78. The van der Waals surface area contributed by atoms with Gasteiger partial charge in [0, 0.05) is 5.92 Å². The minimum absolute atomic E-state index is 0.133. The van der Waals surface area contributed by atoms with Crippen LogP contribution in [0, 0.1) is 0 Å². The Kier molecular flexibility index (Phi) is 4.26. The molecule has 21 heavy (non-hydrogen) atoms. The molecule has 0 spiro atoms. The number of aryl methyl sites for hydroxylation is 1. The van der Waals surface area contributed by atoms with Crippen molar-refractivity contribution in [3.63, 3.8) is 0 Å². The molecule has 0 saturated carbocycles. The molecular weight excluding hydrogens is 260 g/mol. The Bertz CT molecular complexity index is 592. The van der Waals surface area contributed by atoms with Crippen molar-refractivity contribution in [1.29, 1.82) is 0 Å². The first kappa shape index (κ1) is 14.2. The summed E-state index contributed by atoms with van der Waals surface area (Å²) >= 11 is 0. The fourth-order valence-corrected chi connectivity index (χ4v) is 3.14. The number of aliphatic hydroxyl groups is 1. The van der Waals surface area contributed by atoms with E-state index >= 15 is 0 Å². The summed E-state index contributed by atoms with van der Waals surface area (Å²) in [6.45, 7) is 2.93. The summed E-state index contributed by atoms with van der Waals surface area (Å²) in [6.07, 6.45) is 2.55. The van der Waals surface area contributed by atoms with Gasteiger partial charge in [-0.25, -0.2) is 0 Å². The maximum Gasteiger partial charge on any atom is 0.122 e. The van der Waals surface area contributed by atoms with Gasteiger partial charge < -0.3 is 9.84 Å². The minimum atomic E-state index is -0.468. The summed E-state index contributed by atoms with van der Waals surface area (Å²) in [5.41, 5.74) is 3.41. The Labute approximate surface area is 126 Å². The molecule has 0 radical (unpaired) electrons. The van der Waals surface area contributed by atoms with Crippen LogP contribution in [-0.2, 0) is 6.42 Å². The van der Waals surface area contributed by atoms with Gasteiger partial charge in [-0.2, -0.15) is 0 Å². The lowest BCUT2D eigenvalue weighted by atomic mass is 9.86. The van der Waals surface area contributed by atoms with Gasteiger partial charge in [-0.05, 0) is 48.1 Å². The minimum Gasteiger partial charge on any atom is -0.493 e. The van der Waals surface area contributed by atoms with Crippen LogP contribution >= 0.6 is 0 Å². The highest BCUT2D eigenvalue weighted by molar-refractivity contribution is 5.40. The molecule has 1 N–H and O–H groups in total. The maximum absolute atomic E-state index is 10.8. The zero-order valence-electron chi connectivity index (χ0n) is 12.5. The molecule has 0 bridgehead atoms. The predicted octanol–water partition coefficient (Wildman–Crippen LogP) is 4.24. The molecule has 2 nitrogen and oxygen atoms in total. The number of aliphatic hydroxyl groups excluding tert-OH is 1. The highest BCUT2D eigenvalue weighted by Crippen LogP contribution is 2.36. The molecule has 1 aliphatic rings. The van der Waals surface area contributed by atoms with Crippen LogP contribution in [0.15, 0.2) is 48.5 Å². The van der Waals surface area contributed by atoms with Gasteiger partial charge in [-0.1, -0.05) is 43.3 Å². The standard InChI is InChI=1S/C19H22O2/c1-2-17(14-7-4-3-5-8-14)19(20)16-10-11-18-15(13-16)9-6-12-21-18/h3-5,7-8,10-11,13,17,19-20H,2,6,9,12H2,1H3. The molecule has 0 amide bonds. The van der Waals surface area contributed by atoms with Crippen LogP contribution in [-0.4, -0.2) is 11.7 Å². The van der Waals surface area contributed by atoms with Crippen molar-refractivity contribution in [3.8, 4) is 5.75 Å². The Morgan fingerprint density at radius 1 is 1.10 bits per heavy atom. The third-order valence-corrected chi connectivity index (χ3v) is 4.32. The number of ether oxygens (including phenoxy) is 1. The average Bonchev–Trinajstić information content (AvgIpc) is 2.56. The lowest BCUT2D eigenvalue weighted by Gasteiger charge is -2.24. The van der Waals surface area contributed by atoms with E-state index in [-0.39, 0.29) is 5.92 Å². The first-order chi connectivity index (χ1) is 10.3. The van der Waals surface area contributed by atoms with E-state index in [0.717, 1.165) is 37.2 Å². The summed E-state index contributed by atoms with van der Waals surface area (Å²) in [4.78, 5) is 0. The van der Waals surface area contributed by atoms with E-state index in [1.54, 1.807) is 0 Å². The van der Waals surface area contributed by atoms with Crippen molar-refractivity contribution >= 4 is 0 Å². The molecule has 1 aliphatic heterocycles. The zero-order valence-corrected chi connectivity index (χ0v) is 12.5. The highest BCUT2D eigenvalue weighted by Gasteiger charge is 2.22. The fourth-order valence-electron chi connectivity index (χ4n) is 3.14. The van der Waals surface area contributed by atoms with Crippen molar-refractivity contribution in [2.45, 2.75) is 38.2 Å². The van der Waals surface area contributed by atoms with E-state index in [4.69, 9.17) is 4.74 Å². The van der Waals surface area contributed by atoms with Crippen molar-refractivity contribution in [2.75, 3.05) is 6.61 Å². The van der Waals surface area contributed by atoms with Gasteiger partial charge >= 0.3 is 0 Å². The van der Waals surface area contributed by atoms with E-state index in [9.17, 15) is 5.11 Å². The molecule has 2 heteroatoms. The predicted molar refractivity (Wildman–Crippen MR) is 84.7 cm³/mol. The van der Waals surface area contributed by atoms with Crippen LogP contribution in [0.1, 0.15) is 48.5 Å². The molecule has 110 valence electrons. The second-order valence-corrected chi connectivity index (χ2v) is 5.69. The summed E-state index contributed by atoms with van der Waals surface area (Å²) in [5.74, 6) is 1.11. The van der Waals surface area contributed by atoms with E-state index in [1.807, 2.05) is 30.3 Å². The van der Waals surface area contributed by atoms with E-state index in [1.165, 1.54) is 11.1 Å². The van der Waals surface area contributed by atoms with E-state index < -0.39 is 6.10 Å². The first-order valence-corrected chi connectivity index (χ1v) is 7.78. The molecule has 2 unspecified atom stereocenters. The number of rotatable bonds is 4. The number of benzene rings is 2. The van der Waals surface area contributed by atoms with Crippen molar-refractivity contribution < 1.29 is 9.84 Å². The van der Waals surface area contributed by atoms with Crippen molar-refractivity contribution in [3.05, 3.63) is 65.2 Å². The van der Waals surface area contributed by atoms with Crippen LogP contribution in [0.5, 0.6) is 5.75 Å². The zero-order chi connectivity index (χ0) is 14.7. The smallest absolute Gasteiger partial charge is 0.122 e. The molecule has 0 aliphatic carbocycles. The third-order valence-electron chi connectivity index (χ3n) is 4.32. The SMILES string of the molecule is CCC(c1ccccc1)C(O)c1ccc2c(c1)CCCO2. The van der Waals surface area contributed by atoms with Crippen LogP contribution in [0.2, 0.25) is 0 Å². The largest absolute Gasteiger partial charge is 0.493 e. The molecule has 0 saturated heterocycles. The van der Waals surface area contributed by atoms with Gasteiger partial charge in [0.15, 0.2) is 0 Å². The second-order valence-electron chi connectivity index (χ2n) is 5.69.